The third kappa shape index (κ3) is 3.69. The van der Waals surface area contributed by atoms with Crippen LogP contribution in [-0.2, 0) is 4.74 Å². The van der Waals surface area contributed by atoms with Gasteiger partial charge in [0, 0.05) is 19.1 Å². The molecule has 0 saturated heterocycles. The van der Waals surface area contributed by atoms with Crippen LogP contribution in [-0.4, -0.2) is 18.8 Å². The van der Waals surface area contributed by atoms with Crippen LogP contribution in [0.2, 0.25) is 0 Å². The normalized spacial score (nSPS) is 20.1. The molecule has 80 valence electrons. The molecule has 1 rings (SSSR count). The first kappa shape index (κ1) is 11.6. The van der Waals surface area contributed by atoms with Crippen molar-refractivity contribution in [3.05, 3.63) is 0 Å². The Hall–Kier alpha value is -0.520. The third-order valence-corrected chi connectivity index (χ3v) is 2.73. The Bertz CT molecular complexity index is 193. The lowest BCUT2D eigenvalue weighted by atomic mass is 10.0. The van der Waals surface area contributed by atoms with Gasteiger partial charge in [-0.25, -0.2) is 0 Å². The lowest BCUT2D eigenvalue weighted by Crippen LogP contribution is -2.38. The lowest BCUT2D eigenvalue weighted by Gasteiger charge is -2.23. The smallest absolute Gasteiger partial charge is 0.0753 e. The number of unbranched alkanes of at least 4 members (excludes halogenated alkanes) is 1. The molecular formula is C12H21NO. The van der Waals surface area contributed by atoms with Crippen molar-refractivity contribution in [1.29, 1.82) is 0 Å². The van der Waals surface area contributed by atoms with Crippen LogP contribution < -0.4 is 5.73 Å². The Morgan fingerprint density at radius 1 is 1.57 bits per heavy atom. The van der Waals surface area contributed by atoms with Crippen molar-refractivity contribution < 1.29 is 4.74 Å². The van der Waals surface area contributed by atoms with Crippen LogP contribution in [0.25, 0.3) is 0 Å². The maximum absolute atomic E-state index is 6.09. The molecule has 2 heteroatoms. The van der Waals surface area contributed by atoms with Gasteiger partial charge in [-0.05, 0) is 38.5 Å². The molecule has 0 aromatic rings. The van der Waals surface area contributed by atoms with Crippen LogP contribution in [0.1, 0.15) is 39.0 Å². The molecule has 0 radical (unpaired) electrons. The summed E-state index contributed by atoms with van der Waals surface area (Å²) in [5.41, 5.74) is 6.09. The quantitative estimate of drug-likeness (QED) is 0.497. The van der Waals surface area contributed by atoms with E-state index in [1.54, 1.807) is 0 Å². The first-order valence-corrected chi connectivity index (χ1v) is 5.60. The highest BCUT2D eigenvalue weighted by molar-refractivity contribution is 4.90. The Kier molecular flexibility index (Phi) is 5.00. The lowest BCUT2D eigenvalue weighted by molar-refractivity contribution is 0.0265. The molecule has 1 aliphatic rings. The summed E-state index contributed by atoms with van der Waals surface area (Å²) in [7, 11) is 0. The van der Waals surface area contributed by atoms with Crippen molar-refractivity contribution in [3.63, 3.8) is 0 Å². The van der Waals surface area contributed by atoms with Crippen molar-refractivity contribution in [3.8, 4) is 12.3 Å². The number of hydrogen-bond acceptors (Lipinski definition) is 2. The molecule has 2 atom stereocenters. The standard InChI is InChI=1S/C12H21NO/c1-3-5-6-7-11(13)12(14-4-2)10-8-9-10/h1,10-12H,4-9,13H2,2H3. The van der Waals surface area contributed by atoms with Gasteiger partial charge in [-0.3, -0.25) is 0 Å². The molecule has 0 aliphatic heterocycles. The third-order valence-electron chi connectivity index (χ3n) is 2.73. The molecule has 0 spiro atoms. The molecule has 0 bridgehead atoms. The zero-order valence-electron chi connectivity index (χ0n) is 9.04. The summed E-state index contributed by atoms with van der Waals surface area (Å²) >= 11 is 0. The SMILES string of the molecule is C#CCCCC(N)C(OCC)C1CC1. The summed E-state index contributed by atoms with van der Waals surface area (Å²) in [5.74, 6) is 3.36. The van der Waals surface area contributed by atoms with Gasteiger partial charge in [-0.1, -0.05) is 0 Å². The summed E-state index contributed by atoms with van der Waals surface area (Å²) in [6, 6.07) is 0.177. The molecule has 0 aromatic heterocycles. The summed E-state index contributed by atoms with van der Waals surface area (Å²) < 4.78 is 5.68. The molecule has 14 heavy (non-hydrogen) atoms. The minimum Gasteiger partial charge on any atom is -0.377 e. The van der Waals surface area contributed by atoms with Crippen molar-refractivity contribution in [1.82, 2.24) is 0 Å². The number of hydrogen-bond donors (Lipinski definition) is 1. The second kappa shape index (κ2) is 6.06. The number of rotatable bonds is 7. The molecule has 0 aromatic carbocycles. The van der Waals surface area contributed by atoms with Gasteiger partial charge in [-0.15, -0.1) is 12.3 Å². The maximum Gasteiger partial charge on any atom is 0.0753 e. The number of terminal acetylenes is 1. The van der Waals surface area contributed by atoms with Crippen LogP contribution in [0.5, 0.6) is 0 Å². The van der Waals surface area contributed by atoms with Crippen LogP contribution in [0.15, 0.2) is 0 Å². The summed E-state index contributed by atoms with van der Waals surface area (Å²) in [6.07, 6.45) is 10.9. The van der Waals surface area contributed by atoms with Crippen LogP contribution >= 0.6 is 0 Å². The minimum atomic E-state index is 0.177. The average molecular weight is 195 g/mol. The fraction of sp³-hybridized carbons (Fsp3) is 0.833. The fourth-order valence-electron chi connectivity index (χ4n) is 1.83. The Morgan fingerprint density at radius 3 is 2.79 bits per heavy atom. The van der Waals surface area contributed by atoms with Crippen molar-refractivity contribution in [2.45, 2.75) is 51.2 Å². The van der Waals surface area contributed by atoms with Crippen molar-refractivity contribution in [2.75, 3.05) is 6.61 Å². The Labute approximate surface area is 87.2 Å². The molecule has 2 nitrogen and oxygen atoms in total. The monoisotopic (exact) mass is 195 g/mol. The highest BCUT2D eigenvalue weighted by Gasteiger charge is 2.35. The summed E-state index contributed by atoms with van der Waals surface area (Å²) in [6.45, 7) is 2.80. The van der Waals surface area contributed by atoms with E-state index in [9.17, 15) is 0 Å². The highest BCUT2D eigenvalue weighted by Crippen LogP contribution is 2.36. The van der Waals surface area contributed by atoms with Gasteiger partial charge in [-0.2, -0.15) is 0 Å². The molecule has 0 amide bonds. The number of ether oxygens (including phenoxy) is 1. The average Bonchev–Trinajstić information content (AvgIpc) is 2.98. The molecule has 2 unspecified atom stereocenters. The summed E-state index contributed by atoms with van der Waals surface area (Å²) in [4.78, 5) is 0. The van der Waals surface area contributed by atoms with Crippen molar-refractivity contribution >= 4 is 0 Å². The molecule has 2 N–H and O–H groups in total. The van der Waals surface area contributed by atoms with Crippen LogP contribution in [0, 0.1) is 18.3 Å². The van der Waals surface area contributed by atoms with Gasteiger partial charge >= 0.3 is 0 Å². The minimum absolute atomic E-state index is 0.177. The topological polar surface area (TPSA) is 35.2 Å². The predicted molar refractivity (Wildman–Crippen MR) is 58.8 cm³/mol. The van der Waals surface area contributed by atoms with Gasteiger partial charge in [0.1, 0.15) is 0 Å². The Balaban J connectivity index is 2.23. The van der Waals surface area contributed by atoms with E-state index in [0.29, 0.717) is 0 Å². The molecular weight excluding hydrogens is 174 g/mol. The van der Waals surface area contributed by atoms with E-state index in [4.69, 9.17) is 16.9 Å². The van der Waals surface area contributed by atoms with Gasteiger partial charge in [0.25, 0.3) is 0 Å². The highest BCUT2D eigenvalue weighted by atomic mass is 16.5. The van der Waals surface area contributed by atoms with E-state index in [2.05, 4.69) is 5.92 Å². The van der Waals surface area contributed by atoms with Crippen LogP contribution in [0.4, 0.5) is 0 Å². The van der Waals surface area contributed by atoms with E-state index >= 15 is 0 Å². The molecule has 0 heterocycles. The zero-order valence-corrected chi connectivity index (χ0v) is 9.04. The van der Waals surface area contributed by atoms with E-state index in [1.165, 1.54) is 12.8 Å². The van der Waals surface area contributed by atoms with Crippen LogP contribution in [0.3, 0.4) is 0 Å². The zero-order chi connectivity index (χ0) is 10.4. The van der Waals surface area contributed by atoms with E-state index < -0.39 is 0 Å². The Morgan fingerprint density at radius 2 is 2.29 bits per heavy atom. The predicted octanol–water partition coefficient (Wildman–Crippen LogP) is 1.93. The first-order valence-electron chi connectivity index (χ1n) is 5.60. The van der Waals surface area contributed by atoms with Gasteiger partial charge in [0.15, 0.2) is 0 Å². The second-order valence-corrected chi connectivity index (χ2v) is 4.02. The second-order valence-electron chi connectivity index (χ2n) is 4.02. The molecule has 1 saturated carbocycles. The van der Waals surface area contributed by atoms with Gasteiger partial charge in [0.2, 0.25) is 0 Å². The summed E-state index contributed by atoms with van der Waals surface area (Å²) in [5, 5.41) is 0. The maximum atomic E-state index is 6.09. The fourth-order valence-corrected chi connectivity index (χ4v) is 1.83. The number of nitrogens with two attached hydrogens (primary N) is 1. The van der Waals surface area contributed by atoms with Gasteiger partial charge < -0.3 is 10.5 Å². The van der Waals surface area contributed by atoms with E-state index in [-0.39, 0.29) is 12.1 Å². The van der Waals surface area contributed by atoms with E-state index in [1.807, 2.05) is 6.92 Å². The van der Waals surface area contributed by atoms with E-state index in [0.717, 1.165) is 31.8 Å². The van der Waals surface area contributed by atoms with Gasteiger partial charge in [0.05, 0.1) is 6.10 Å². The molecule has 1 aliphatic carbocycles. The first-order chi connectivity index (χ1) is 6.79. The van der Waals surface area contributed by atoms with Crippen molar-refractivity contribution in [2.24, 2.45) is 11.7 Å². The molecule has 1 fully saturated rings. The largest absolute Gasteiger partial charge is 0.377 e.